The molecule has 0 amide bonds. The highest BCUT2D eigenvalue weighted by molar-refractivity contribution is 5.82. The number of nitrogens with one attached hydrogen (secondary N) is 1. The number of non-ortho nitro benzene ring substituents is 1. The molecule has 1 saturated carbocycles. The smallest absolute Gasteiger partial charge is 0.306 e. The molecule has 0 unspecified atom stereocenters. The second kappa shape index (κ2) is 6.20. The molecule has 1 aliphatic rings. The fraction of sp³-hybridized carbons (Fsp3) is 0.375. The molecule has 0 saturated heterocycles. The third kappa shape index (κ3) is 3.39. The molecular weight excluding hydrogens is 298 g/mol. The van der Waals surface area contributed by atoms with Gasteiger partial charge in [-0.15, -0.1) is 0 Å². The maximum atomic E-state index is 11.0. The molecule has 2 N–H and O–H groups in total. The van der Waals surface area contributed by atoms with Crippen molar-refractivity contribution in [1.29, 1.82) is 0 Å². The Bertz CT molecular complexity index is 754. The lowest BCUT2D eigenvalue weighted by Gasteiger charge is -2.27. The van der Waals surface area contributed by atoms with Crippen LogP contribution >= 0.6 is 0 Å². The number of pyridine rings is 1. The van der Waals surface area contributed by atoms with E-state index in [-0.39, 0.29) is 17.6 Å². The molecule has 120 valence electrons. The minimum Gasteiger partial charge on any atom is -0.481 e. The number of nitro benzene ring substituents is 1. The number of rotatable bonds is 4. The second-order valence-electron chi connectivity index (χ2n) is 5.86. The molecule has 23 heavy (non-hydrogen) atoms. The highest BCUT2D eigenvalue weighted by Crippen LogP contribution is 2.27. The molecule has 0 bridgehead atoms. The Labute approximate surface area is 132 Å². The topological polar surface area (TPSA) is 105 Å². The average Bonchev–Trinajstić information content (AvgIpc) is 2.54. The molecule has 2 aromatic rings. The first-order valence-electron chi connectivity index (χ1n) is 7.57. The van der Waals surface area contributed by atoms with Crippen LogP contribution in [0.5, 0.6) is 0 Å². The van der Waals surface area contributed by atoms with Crippen LogP contribution in [0.4, 0.5) is 11.5 Å². The number of carboxylic acid groups (broad SMARTS) is 1. The van der Waals surface area contributed by atoms with E-state index in [1.165, 1.54) is 12.1 Å². The van der Waals surface area contributed by atoms with E-state index in [1.807, 2.05) is 0 Å². The van der Waals surface area contributed by atoms with Gasteiger partial charge in [0.05, 0.1) is 16.4 Å². The van der Waals surface area contributed by atoms with Gasteiger partial charge < -0.3 is 10.4 Å². The van der Waals surface area contributed by atoms with Crippen molar-refractivity contribution >= 4 is 28.4 Å². The summed E-state index contributed by atoms with van der Waals surface area (Å²) in [5, 5.41) is 23.8. The zero-order chi connectivity index (χ0) is 16.4. The van der Waals surface area contributed by atoms with Gasteiger partial charge in [0.25, 0.3) is 5.69 Å². The molecule has 0 atom stereocenters. The number of fused-ring (bicyclic) bond motifs is 1. The van der Waals surface area contributed by atoms with Gasteiger partial charge in [-0.1, -0.05) is 0 Å². The van der Waals surface area contributed by atoms with E-state index in [0.29, 0.717) is 24.2 Å². The van der Waals surface area contributed by atoms with Crippen LogP contribution in [0, 0.1) is 16.0 Å². The van der Waals surface area contributed by atoms with Crippen molar-refractivity contribution in [2.45, 2.75) is 31.7 Å². The molecule has 7 nitrogen and oxygen atoms in total. The summed E-state index contributed by atoms with van der Waals surface area (Å²) < 4.78 is 0. The van der Waals surface area contributed by atoms with Crippen molar-refractivity contribution in [1.82, 2.24) is 4.98 Å². The summed E-state index contributed by atoms with van der Waals surface area (Å²) >= 11 is 0. The zero-order valence-corrected chi connectivity index (χ0v) is 12.4. The number of hydrogen-bond acceptors (Lipinski definition) is 5. The molecule has 0 aliphatic heterocycles. The van der Waals surface area contributed by atoms with Crippen LogP contribution in [0.3, 0.4) is 0 Å². The van der Waals surface area contributed by atoms with E-state index >= 15 is 0 Å². The zero-order valence-electron chi connectivity index (χ0n) is 12.4. The van der Waals surface area contributed by atoms with Crippen molar-refractivity contribution in [3.05, 3.63) is 40.4 Å². The Morgan fingerprint density at radius 2 is 1.96 bits per heavy atom. The molecule has 7 heteroatoms. The normalized spacial score (nSPS) is 21.0. The van der Waals surface area contributed by atoms with Gasteiger partial charge in [-0.2, -0.15) is 0 Å². The van der Waals surface area contributed by atoms with Gasteiger partial charge in [0, 0.05) is 23.6 Å². The van der Waals surface area contributed by atoms with Crippen molar-refractivity contribution in [3.63, 3.8) is 0 Å². The number of carboxylic acids is 1. The highest BCUT2D eigenvalue weighted by atomic mass is 16.6. The number of benzene rings is 1. The Morgan fingerprint density at radius 3 is 2.61 bits per heavy atom. The second-order valence-corrected chi connectivity index (χ2v) is 5.86. The SMILES string of the molecule is O=C(O)C1CCC(Nc2ccc3cc([N+](=O)[O-])ccc3n2)CC1. The van der Waals surface area contributed by atoms with E-state index in [9.17, 15) is 14.9 Å². The predicted molar refractivity (Wildman–Crippen MR) is 85.4 cm³/mol. The van der Waals surface area contributed by atoms with Gasteiger partial charge in [-0.05, 0) is 43.9 Å². The number of aliphatic carboxylic acids is 1. The Balaban J connectivity index is 1.70. The van der Waals surface area contributed by atoms with Gasteiger partial charge >= 0.3 is 5.97 Å². The molecule has 1 aromatic heterocycles. The maximum absolute atomic E-state index is 11.0. The molecule has 3 rings (SSSR count). The summed E-state index contributed by atoms with van der Waals surface area (Å²) in [7, 11) is 0. The monoisotopic (exact) mass is 315 g/mol. The van der Waals surface area contributed by atoms with Crippen LogP contribution < -0.4 is 5.32 Å². The summed E-state index contributed by atoms with van der Waals surface area (Å²) in [6.45, 7) is 0. The van der Waals surface area contributed by atoms with Crippen molar-refractivity contribution in [3.8, 4) is 0 Å². The van der Waals surface area contributed by atoms with Gasteiger partial charge in [0.1, 0.15) is 5.82 Å². The summed E-state index contributed by atoms with van der Waals surface area (Å²) in [5.41, 5.74) is 0.742. The minimum absolute atomic E-state index is 0.0482. The largest absolute Gasteiger partial charge is 0.481 e. The number of carbonyl (C=O) groups is 1. The molecule has 1 heterocycles. The predicted octanol–water partition coefficient (Wildman–Crippen LogP) is 3.20. The first-order valence-corrected chi connectivity index (χ1v) is 7.57. The van der Waals surface area contributed by atoms with Crippen LogP contribution in [0.15, 0.2) is 30.3 Å². The summed E-state index contributed by atoms with van der Waals surface area (Å²) in [4.78, 5) is 25.8. The van der Waals surface area contributed by atoms with E-state index in [2.05, 4.69) is 10.3 Å². The Kier molecular flexibility index (Phi) is 4.10. The summed E-state index contributed by atoms with van der Waals surface area (Å²) in [5.74, 6) is -0.239. The number of hydrogen-bond donors (Lipinski definition) is 2. The lowest BCUT2D eigenvalue weighted by Crippen LogP contribution is -2.29. The van der Waals surface area contributed by atoms with E-state index in [1.54, 1.807) is 18.2 Å². The molecule has 1 fully saturated rings. The van der Waals surface area contributed by atoms with Crippen LogP contribution in [-0.4, -0.2) is 27.0 Å². The van der Waals surface area contributed by atoms with Crippen molar-refractivity contribution in [2.75, 3.05) is 5.32 Å². The number of anilines is 1. The number of nitro groups is 1. The van der Waals surface area contributed by atoms with Gasteiger partial charge in [-0.3, -0.25) is 14.9 Å². The van der Waals surface area contributed by atoms with Crippen molar-refractivity contribution in [2.24, 2.45) is 5.92 Å². The number of aromatic nitrogens is 1. The van der Waals surface area contributed by atoms with Crippen LogP contribution in [-0.2, 0) is 4.79 Å². The molecule has 0 spiro atoms. The quantitative estimate of drug-likeness (QED) is 0.663. The first-order chi connectivity index (χ1) is 11.0. The van der Waals surface area contributed by atoms with E-state index < -0.39 is 10.9 Å². The van der Waals surface area contributed by atoms with Gasteiger partial charge in [0.15, 0.2) is 0 Å². The third-order valence-corrected chi connectivity index (χ3v) is 4.31. The van der Waals surface area contributed by atoms with E-state index in [4.69, 9.17) is 5.11 Å². The lowest BCUT2D eigenvalue weighted by atomic mass is 9.86. The standard InChI is InChI=1S/C16H17N3O4/c20-16(21)10-1-4-12(5-2-10)17-15-8-3-11-9-13(19(22)23)6-7-14(11)18-15/h3,6-10,12H,1-2,4-5H2,(H,17,18)(H,20,21). The van der Waals surface area contributed by atoms with Crippen LogP contribution in [0.2, 0.25) is 0 Å². The molecule has 0 radical (unpaired) electrons. The first kappa shape index (κ1) is 15.2. The average molecular weight is 315 g/mol. The Morgan fingerprint density at radius 1 is 1.22 bits per heavy atom. The van der Waals surface area contributed by atoms with Crippen LogP contribution in [0.1, 0.15) is 25.7 Å². The molecular formula is C16H17N3O4. The van der Waals surface area contributed by atoms with Crippen LogP contribution in [0.25, 0.3) is 10.9 Å². The van der Waals surface area contributed by atoms with Gasteiger partial charge in [0.2, 0.25) is 0 Å². The minimum atomic E-state index is -0.714. The van der Waals surface area contributed by atoms with Gasteiger partial charge in [-0.25, -0.2) is 4.98 Å². The third-order valence-electron chi connectivity index (χ3n) is 4.31. The van der Waals surface area contributed by atoms with Crippen molar-refractivity contribution < 1.29 is 14.8 Å². The fourth-order valence-corrected chi connectivity index (χ4v) is 3.00. The summed E-state index contributed by atoms with van der Waals surface area (Å²) in [6.07, 6.45) is 2.95. The summed E-state index contributed by atoms with van der Waals surface area (Å²) in [6, 6.07) is 8.41. The van der Waals surface area contributed by atoms with E-state index in [0.717, 1.165) is 18.2 Å². The fourth-order valence-electron chi connectivity index (χ4n) is 3.00. The number of nitrogens with zero attached hydrogens (tertiary/aromatic N) is 2. The lowest BCUT2D eigenvalue weighted by molar-refractivity contribution is -0.384. The Hall–Kier alpha value is -2.70. The molecule has 1 aliphatic carbocycles. The maximum Gasteiger partial charge on any atom is 0.306 e. The molecule has 1 aromatic carbocycles. The highest BCUT2D eigenvalue weighted by Gasteiger charge is 2.25.